The van der Waals surface area contributed by atoms with Crippen molar-refractivity contribution in [3.63, 3.8) is 0 Å². The minimum absolute atomic E-state index is 0.329. The van der Waals surface area contributed by atoms with Gasteiger partial charge in [-0.3, -0.25) is 0 Å². The monoisotopic (exact) mass is 328 g/mol. The first-order valence-electron chi connectivity index (χ1n) is 8.11. The molecule has 0 saturated heterocycles. The van der Waals surface area contributed by atoms with Crippen LogP contribution in [0.2, 0.25) is 0 Å². The van der Waals surface area contributed by atoms with E-state index in [9.17, 15) is 4.79 Å². The van der Waals surface area contributed by atoms with E-state index in [1.807, 2.05) is 72.8 Å². The lowest BCUT2D eigenvalue weighted by atomic mass is 10.1. The van der Waals surface area contributed by atoms with Crippen molar-refractivity contribution in [2.24, 2.45) is 0 Å². The zero-order valence-electron chi connectivity index (χ0n) is 13.5. The van der Waals surface area contributed by atoms with Crippen molar-refractivity contribution in [1.29, 1.82) is 0 Å². The van der Waals surface area contributed by atoms with Gasteiger partial charge in [-0.2, -0.15) is 0 Å². The van der Waals surface area contributed by atoms with Gasteiger partial charge in [0.15, 0.2) is 0 Å². The third kappa shape index (κ3) is 3.17. The zero-order chi connectivity index (χ0) is 17.1. The Labute approximate surface area is 144 Å². The highest BCUT2D eigenvalue weighted by molar-refractivity contribution is 6.04. The molecule has 0 N–H and O–H groups in total. The molecule has 1 aromatic heterocycles. The average Bonchev–Trinajstić information content (AvgIpc) is 2.66. The fourth-order valence-electron chi connectivity index (χ4n) is 2.84. The molecule has 3 nitrogen and oxygen atoms in total. The van der Waals surface area contributed by atoms with E-state index in [-0.39, 0.29) is 5.63 Å². The van der Waals surface area contributed by atoms with Crippen molar-refractivity contribution >= 4 is 27.8 Å². The molecule has 0 atom stereocenters. The second kappa shape index (κ2) is 6.65. The van der Waals surface area contributed by atoms with Crippen molar-refractivity contribution in [2.75, 3.05) is 6.61 Å². The summed E-state index contributed by atoms with van der Waals surface area (Å²) in [5, 5.41) is 2.39. The van der Waals surface area contributed by atoms with Crippen LogP contribution in [0.25, 0.3) is 27.8 Å². The van der Waals surface area contributed by atoms with Crippen molar-refractivity contribution in [1.82, 2.24) is 0 Å². The molecule has 25 heavy (non-hydrogen) atoms. The van der Waals surface area contributed by atoms with Crippen LogP contribution in [0.1, 0.15) is 5.56 Å². The number of hydrogen-bond donors (Lipinski definition) is 0. The largest absolute Gasteiger partial charge is 0.489 e. The molecule has 0 saturated carbocycles. The number of benzene rings is 3. The van der Waals surface area contributed by atoms with Crippen LogP contribution in [0, 0.1) is 0 Å². The molecule has 0 unspecified atom stereocenters. The van der Waals surface area contributed by atoms with Crippen LogP contribution in [-0.2, 0) is 0 Å². The summed E-state index contributed by atoms with van der Waals surface area (Å²) in [5.74, 6) is 0.670. The molecule has 0 aliphatic heterocycles. The summed E-state index contributed by atoms with van der Waals surface area (Å²) in [6, 6.07) is 23.1. The lowest BCUT2D eigenvalue weighted by Gasteiger charge is -2.06. The highest BCUT2D eigenvalue weighted by Gasteiger charge is 2.07. The van der Waals surface area contributed by atoms with Crippen LogP contribution in [-0.4, -0.2) is 6.61 Å². The third-order valence-corrected chi connectivity index (χ3v) is 4.05. The SMILES string of the molecule is O=c1oc2cc(OCC=Cc3ccccc3)ccc2c2ccccc12. The topological polar surface area (TPSA) is 39.4 Å². The molecule has 0 radical (unpaired) electrons. The van der Waals surface area contributed by atoms with Gasteiger partial charge in [0.1, 0.15) is 17.9 Å². The Bertz CT molecular complexity index is 1110. The predicted octanol–water partition coefficient (Wildman–Crippen LogP) is 5.04. The summed E-state index contributed by atoms with van der Waals surface area (Å²) in [6.07, 6.45) is 3.96. The molecule has 0 amide bonds. The summed E-state index contributed by atoms with van der Waals surface area (Å²) >= 11 is 0. The maximum atomic E-state index is 12.1. The third-order valence-electron chi connectivity index (χ3n) is 4.05. The Hall–Kier alpha value is -3.33. The fourth-order valence-corrected chi connectivity index (χ4v) is 2.84. The molecule has 0 fully saturated rings. The first kappa shape index (κ1) is 15.2. The molecule has 122 valence electrons. The van der Waals surface area contributed by atoms with Gasteiger partial charge >= 0.3 is 5.63 Å². The van der Waals surface area contributed by atoms with E-state index in [1.165, 1.54) is 0 Å². The lowest BCUT2D eigenvalue weighted by molar-refractivity contribution is 0.363. The van der Waals surface area contributed by atoms with Gasteiger partial charge in [-0.05, 0) is 35.2 Å². The Balaban J connectivity index is 1.58. The molecule has 4 rings (SSSR count). The first-order chi connectivity index (χ1) is 12.3. The molecular weight excluding hydrogens is 312 g/mol. The Kier molecular flexibility index (Phi) is 4.05. The van der Waals surface area contributed by atoms with Crippen LogP contribution >= 0.6 is 0 Å². The van der Waals surface area contributed by atoms with Crippen molar-refractivity contribution in [3.8, 4) is 5.75 Å². The second-order valence-corrected chi connectivity index (χ2v) is 5.72. The molecule has 0 bridgehead atoms. The molecule has 3 aromatic carbocycles. The summed E-state index contributed by atoms with van der Waals surface area (Å²) in [7, 11) is 0. The van der Waals surface area contributed by atoms with Gasteiger partial charge in [0.25, 0.3) is 0 Å². The number of hydrogen-bond acceptors (Lipinski definition) is 3. The fraction of sp³-hybridized carbons (Fsp3) is 0.0455. The molecule has 3 heteroatoms. The van der Waals surface area contributed by atoms with Crippen LogP contribution < -0.4 is 10.4 Å². The van der Waals surface area contributed by atoms with Crippen LogP contribution in [0.4, 0.5) is 0 Å². The lowest BCUT2D eigenvalue weighted by Crippen LogP contribution is -2.00. The normalized spacial score (nSPS) is 11.4. The summed E-state index contributed by atoms with van der Waals surface area (Å²) < 4.78 is 11.2. The highest BCUT2D eigenvalue weighted by atomic mass is 16.5. The summed E-state index contributed by atoms with van der Waals surface area (Å²) in [4.78, 5) is 12.1. The van der Waals surface area contributed by atoms with Gasteiger partial charge in [-0.25, -0.2) is 4.79 Å². The van der Waals surface area contributed by atoms with Gasteiger partial charge in [-0.1, -0.05) is 54.6 Å². The molecule has 4 aromatic rings. The minimum Gasteiger partial charge on any atom is -0.489 e. The van der Waals surface area contributed by atoms with E-state index in [0.29, 0.717) is 23.3 Å². The van der Waals surface area contributed by atoms with E-state index in [2.05, 4.69) is 0 Å². The summed E-state index contributed by atoms with van der Waals surface area (Å²) in [5.41, 5.74) is 1.33. The van der Waals surface area contributed by atoms with Crippen molar-refractivity contribution < 1.29 is 9.15 Å². The Morgan fingerprint density at radius 1 is 0.840 bits per heavy atom. The van der Waals surface area contributed by atoms with E-state index in [4.69, 9.17) is 9.15 Å². The van der Waals surface area contributed by atoms with Crippen LogP contribution in [0.15, 0.2) is 88.1 Å². The first-order valence-corrected chi connectivity index (χ1v) is 8.11. The van der Waals surface area contributed by atoms with E-state index in [1.54, 1.807) is 12.1 Å². The molecular formula is C22H16O3. The van der Waals surface area contributed by atoms with E-state index >= 15 is 0 Å². The van der Waals surface area contributed by atoms with E-state index in [0.717, 1.165) is 16.3 Å². The average molecular weight is 328 g/mol. The quantitative estimate of drug-likeness (QED) is 0.389. The van der Waals surface area contributed by atoms with Crippen LogP contribution in [0.5, 0.6) is 5.75 Å². The van der Waals surface area contributed by atoms with Gasteiger partial charge in [-0.15, -0.1) is 0 Å². The number of ether oxygens (including phenoxy) is 1. The molecule has 0 spiro atoms. The molecule has 0 aliphatic rings. The zero-order valence-corrected chi connectivity index (χ0v) is 13.5. The summed E-state index contributed by atoms with van der Waals surface area (Å²) in [6.45, 7) is 0.443. The molecule has 1 heterocycles. The Morgan fingerprint density at radius 2 is 1.60 bits per heavy atom. The van der Waals surface area contributed by atoms with Crippen molar-refractivity contribution in [3.05, 3.63) is 94.9 Å². The maximum Gasteiger partial charge on any atom is 0.344 e. The smallest absolute Gasteiger partial charge is 0.344 e. The number of rotatable bonds is 4. The maximum absolute atomic E-state index is 12.1. The Morgan fingerprint density at radius 3 is 2.44 bits per heavy atom. The van der Waals surface area contributed by atoms with Gasteiger partial charge in [0.05, 0.1) is 5.39 Å². The predicted molar refractivity (Wildman–Crippen MR) is 101 cm³/mol. The van der Waals surface area contributed by atoms with Gasteiger partial charge in [0.2, 0.25) is 0 Å². The van der Waals surface area contributed by atoms with E-state index < -0.39 is 0 Å². The second-order valence-electron chi connectivity index (χ2n) is 5.72. The highest BCUT2D eigenvalue weighted by Crippen LogP contribution is 2.26. The standard InChI is InChI=1S/C22H16O3/c23-22-20-11-5-4-10-18(20)19-13-12-17(15-21(19)25-22)24-14-6-9-16-7-2-1-3-8-16/h1-13,15H,14H2. The van der Waals surface area contributed by atoms with Crippen LogP contribution in [0.3, 0.4) is 0 Å². The van der Waals surface area contributed by atoms with Gasteiger partial charge in [0, 0.05) is 11.5 Å². The number of fused-ring (bicyclic) bond motifs is 3. The minimum atomic E-state index is -0.329. The molecule has 0 aliphatic carbocycles. The van der Waals surface area contributed by atoms with Crippen molar-refractivity contribution in [2.45, 2.75) is 0 Å². The van der Waals surface area contributed by atoms with Gasteiger partial charge < -0.3 is 9.15 Å².